The Morgan fingerprint density at radius 1 is 1.53 bits per heavy atom. The van der Waals surface area contributed by atoms with E-state index >= 15 is 0 Å². The summed E-state index contributed by atoms with van der Waals surface area (Å²) < 4.78 is 0. The van der Waals surface area contributed by atoms with Gasteiger partial charge in [-0.3, -0.25) is 4.79 Å². The van der Waals surface area contributed by atoms with Gasteiger partial charge in [0, 0.05) is 6.92 Å². The number of nitrogens with zero attached hydrogens (tertiary/aromatic N) is 2. The van der Waals surface area contributed by atoms with Gasteiger partial charge in [0.05, 0.1) is 17.2 Å². The van der Waals surface area contributed by atoms with Gasteiger partial charge in [-0.2, -0.15) is 5.10 Å². The third-order valence-corrected chi connectivity index (χ3v) is 1.82. The molecule has 76 valence electrons. The molecule has 0 saturated carbocycles. The van der Waals surface area contributed by atoms with Crippen LogP contribution in [-0.2, 0) is 4.79 Å². The van der Waals surface area contributed by atoms with E-state index in [0.29, 0.717) is 5.82 Å². The normalized spacial score (nSPS) is 11.0. The number of H-pyrrole nitrogens is 1. The Kier molecular flexibility index (Phi) is 2.45. The lowest BCUT2D eigenvalue weighted by atomic mass is 10.3. The predicted molar refractivity (Wildman–Crippen MR) is 57.5 cm³/mol. The van der Waals surface area contributed by atoms with Crippen molar-refractivity contribution in [1.82, 2.24) is 15.4 Å². The first kappa shape index (κ1) is 9.39. The number of hydrazone groups is 1. The maximum absolute atomic E-state index is 10.6. The summed E-state index contributed by atoms with van der Waals surface area (Å²) in [5.41, 5.74) is 4.13. The molecule has 1 amide bonds. The van der Waals surface area contributed by atoms with Crippen LogP contribution in [-0.4, -0.2) is 22.1 Å². The third kappa shape index (κ3) is 2.19. The number of rotatable bonds is 2. The van der Waals surface area contributed by atoms with Gasteiger partial charge < -0.3 is 4.98 Å². The lowest BCUT2D eigenvalue weighted by Gasteiger charge is -1.88. The minimum atomic E-state index is -0.206. The van der Waals surface area contributed by atoms with Gasteiger partial charge in [-0.05, 0) is 12.1 Å². The van der Waals surface area contributed by atoms with E-state index in [9.17, 15) is 4.79 Å². The minimum Gasteiger partial charge on any atom is -0.337 e. The molecule has 0 bridgehead atoms. The first-order chi connectivity index (χ1) is 7.25. The van der Waals surface area contributed by atoms with Crippen molar-refractivity contribution < 1.29 is 4.79 Å². The Hall–Kier alpha value is -2.17. The van der Waals surface area contributed by atoms with Gasteiger partial charge in [-0.1, -0.05) is 12.1 Å². The molecule has 0 saturated heterocycles. The lowest BCUT2D eigenvalue weighted by molar-refractivity contribution is -0.118. The van der Waals surface area contributed by atoms with Gasteiger partial charge in [0.15, 0.2) is 5.82 Å². The fourth-order valence-corrected chi connectivity index (χ4v) is 1.22. The van der Waals surface area contributed by atoms with E-state index in [1.165, 1.54) is 13.1 Å². The van der Waals surface area contributed by atoms with Crippen molar-refractivity contribution in [2.24, 2.45) is 5.10 Å². The van der Waals surface area contributed by atoms with Crippen LogP contribution in [0.2, 0.25) is 0 Å². The summed E-state index contributed by atoms with van der Waals surface area (Å²) in [6, 6.07) is 7.67. The number of carbonyl (C=O) groups is 1. The maximum atomic E-state index is 10.6. The number of imidazole rings is 1. The van der Waals surface area contributed by atoms with Gasteiger partial charge in [-0.25, -0.2) is 10.4 Å². The van der Waals surface area contributed by atoms with Crippen molar-refractivity contribution >= 4 is 23.2 Å². The number of aromatic nitrogens is 2. The Morgan fingerprint density at radius 2 is 2.33 bits per heavy atom. The van der Waals surface area contributed by atoms with Crippen molar-refractivity contribution in [2.45, 2.75) is 6.92 Å². The molecule has 5 nitrogen and oxygen atoms in total. The van der Waals surface area contributed by atoms with E-state index < -0.39 is 0 Å². The molecule has 0 atom stereocenters. The van der Waals surface area contributed by atoms with Gasteiger partial charge in [0.25, 0.3) is 0 Å². The largest absolute Gasteiger partial charge is 0.337 e. The zero-order valence-electron chi connectivity index (χ0n) is 8.19. The summed E-state index contributed by atoms with van der Waals surface area (Å²) in [7, 11) is 0. The van der Waals surface area contributed by atoms with E-state index in [2.05, 4.69) is 20.5 Å². The van der Waals surface area contributed by atoms with E-state index in [-0.39, 0.29) is 5.91 Å². The molecular formula is C10H10N4O. The van der Waals surface area contributed by atoms with Crippen molar-refractivity contribution in [3.05, 3.63) is 30.1 Å². The summed E-state index contributed by atoms with van der Waals surface area (Å²) >= 11 is 0. The Bertz CT molecular complexity index is 482. The molecule has 0 aliphatic carbocycles. The van der Waals surface area contributed by atoms with Crippen molar-refractivity contribution in [3.8, 4) is 0 Å². The highest BCUT2D eigenvalue weighted by molar-refractivity contribution is 5.84. The monoisotopic (exact) mass is 202 g/mol. The number of nitrogens with one attached hydrogen (secondary N) is 2. The second-order valence-corrected chi connectivity index (χ2v) is 3.07. The lowest BCUT2D eigenvalue weighted by Crippen LogP contribution is -2.12. The molecule has 1 aromatic heterocycles. The highest BCUT2D eigenvalue weighted by atomic mass is 16.2. The van der Waals surface area contributed by atoms with Crippen LogP contribution < -0.4 is 5.43 Å². The molecule has 0 unspecified atom stereocenters. The summed E-state index contributed by atoms with van der Waals surface area (Å²) in [4.78, 5) is 17.9. The molecular weight excluding hydrogens is 192 g/mol. The average Bonchev–Trinajstić information content (AvgIpc) is 2.59. The van der Waals surface area contributed by atoms with Crippen LogP contribution in [0.3, 0.4) is 0 Å². The molecule has 5 heteroatoms. The number of hydrogen-bond acceptors (Lipinski definition) is 3. The van der Waals surface area contributed by atoms with Crippen LogP contribution >= 0.6 is 0 Å². The molecule has 0 fully saturated rings. The molecule has 0 radical (unpaired) electrons. The number of benzene rings is 1. The molecule has 1 aromatic carbocycles. The van der Waals surface area contributed by atoms with Crippen LogP contribution in [0.5, 0.6) is 0 Å². The average molecular weight is 202 g/mol. The van der Waals surface area contributed by atoms with Crippen molar-refractivity contribution in [1.29, 1.82) is 0 Å². The number of aromatic amines is 1. The zero-order valence-corrected chi connectivity index (χ0v) is 8.19. The SMILES string of the molecule is CC(=O)N/N=C\c1nc2ccccc2[nH]1. The van der Waals surface area contributed by atoms with Gasteiger partial charge in [0.1, 0.15) is 0 Å². The molecule has 2 aromatic rings. The van der Waals surface area contributed by atoms with Crippen molar-refractivity contribution in [2.75, 3.05) is 0 Å². The minimum absolute atomic E-state index is 0.206. The fraction of sp³-hybridized carbons (Fsp3) is 0.100. The molecule has 0 aliphatic heterocycles. The maximum Gasteiger partial charge on any atom is 0.236 e. The van der Waals surface area contributed by atoms with E-state index in [1.54, 1.807) is 0 Å². The van der Waals surface area contributed by atoms with Crippen LogP contribution in [0.4, 0.5) is 0 Å². The zero-order chi connectivity index (χ0) is 10.7. The number of fused-ring (bicyclic) bond motifs is 1. The van der Waals surface area contributed by atoms with Crippen LogP contribution in [0.25, 0.3) is 11.0 Å². The summed E-state index contributed by atoms with van der Waals surface area (Å²) in [6.07, 6.45) is 1.47. The Morgan fingerprint density at radius 3 is 3.07 bits per heavy atom. The molecule has 0 aliphatic rings. The first-order valence-corrected chi connectivity index (χ1v) is 4.50. The van der Waals surface area contributed by atoms with Crippen LogP contribution in [0.15, 0.2) is 29.4 Å². The predicted octanol–water partition coefficient (Wildman–Crippen LogP) is 1.03. The molecule has 2 rings (SSSR count). The standard InChI is InChI=1S/C10H10N4O/c1-7(15)14-11-6-10-12-8-4-2-3-5-9(8)13-10/h2-6H,1H3,(H,12,13)(H,14,15)/b11-6-. The number of carbonyl (C=O) groups excluding carboxylic acids is 1. The van der Waals surface area contributed by atoms with Crippen LogP contribution in [0.1, 0.15) is 12.7 Å². The topological polar surface area (TPSA) is 70.1 Å². The second kappa shape index (κ2) is 3.91. The molecule has 0 spiro atoms. The first-order valence-electron chi connectivity index (χ1n) is 4.50. The molecule has 15 heavy (non-hydrogen) atoms. The highest BCUT2D eigenvalue weighted by Crippen LogP contribution is 2.08. The molecule has 2 N–H and O–H groups in total. The highest BCUT2D eigenvalue weighted by Gasteiger charge is 1.98. The smallest absolute Gasteiger partial charge is 0.236 e. The van der Waals surface area contributed by atoms with Crippen molar-refractivity contribution in [3.63, 3.8) is 0 Å². The Balaban J connectivity index is 2.22. The van der Waals surface area contributed by atoms with E-state index in [0.717, 1.165) is 11.0 Å². The second-order valence-electron chi connectivity index (χ2n) is 3.07. The van der Waals surface area contributed by atoms with E-state index in [1.807, 2.05) is 24.3 Å². The number of hydrogen-bond donors (Lipinski definition) is 2. The van der Waals surface area contributed by atoms with E-state index in [4.69, 9.17) is 0 Å². The summed E-state index contributed by atoms with van der Waals surface area (Å²) in [6.45, 7) is 1.40. The quantitative estimate of drug-likeness (QED) is 0.564. The Labute approximate surface area is 86.2 Å². The van der Waals surface area contributed by atoms with Gasteiger partial charge in [-0.15, -0.1) is 0 Å². The number of amides is 1. The summed E-state index contributed by atoms with van der Waals surface area (Å²) in [5, 5.41) is 3.72. The number of para-hydroxylation sites is 2. The molecule has 1 heterocycles. The third-order valence-electron chi connectivity index (χ3n) is 1.82. The van der Waals surface area contributed by atoms with Gasteiger partial charge in [0.2, 0.25) is 5.91 Å². The fourth-order valence-electron chi connectivity index (χ4n) is 1.22. The van der Waals surface area contributed by atoms with Crippen LogP contribution in [0, 0.1) is 0 Å². The van der Waals surface area contributed by atoms with Gasteiger partial charge >= 0.3 is 0 Å². The summed E-state index contributed by atoms with van der Waals surface area (Å²) in [5.74, 6) is 0.410.